The molecule has 0 bridgehead atoms. The maximum absolute atomic E-state index is 13.5. The van der Waals surface area contributed by atoms with Crippen molar-refractivity contribution in [2.24, 2.45) is 5.92 Å². The standard InChI is InChI=1S/C17H25FN2O/c1-12(15-10-14(18)6-7-17(15)21)20-9-3-4-13(11-20)16-5-2-8-19-16/h6-7,10,12-13,16,19,21H,2-5,8-9,11H2,1H3. The summed E-state index contributed by atoms with van der Waals surface area (Å²) in [5.41, 5.74) is 0.704. The van der Waals surface area contributed by atoms with Crippen molar-refractivity contribution >= 4 is 0 Å². The lowest BCUT2D eigenvalue weighted by Crippen LogP contribution is -2.44. The molecule has 0 aromatic heterocycles. The number of likely N-dealkylation sites (tertiary alicyclic amines) is 1. The molecule has 2 heterocycles. The number of benzene rings is 1. The molecule has 4 heteroatoms. The first-order valence-corrected chi connectivity index (χ1v) is 8.11. The van der Waals surface area contributed by atoms with Crippen molar-refractivity contribution in [3.63, 3.8) is 0 Å². The molecule has 2 aliphatic rings. The molecule has 2 saturated heterocycles. The van der Waals surface area contributed by atoms with E-state index < -0.39 is 0 Å². The second-order valence-corrected chi connectivity index (χ2v) is 6.48. The van der Waals surface area contributed by atoms with Crippen LogP contribution in [0.25, 0.3) is 0 Å². The van der Waals surface area contributed by atoms with Gasteiger partial charge in [-0.05, 0) is 69.8 Å². The van der Waals surface area contributed by atoms with Gasteiger partial charge in [-0.15, -0.1) is 0 Å². The first kappa shape index (κ1) is 14.8. The van der Waals surface area contributed by atoms with E-state index in [0.29, 0.717) is 17.5 Å². The van der Waals surface area contributed by atoms with E-state index in [-0.39, 0.29) is 17.6 Å². The van der Waals surface area contributed by atoms with Crippen molar-refractivity contribution < 1.29 is 9.50 Å². The van der Waals surface area contributed by atoms with Crippen LogP contribution in [0.1, 0.15) is 44.2 Å². The lowest BCUT2D eigenvalue weighted by molar-refractivity contribution is 0.113. The van der Waals surface area contributed by atoms with Crippen LogP contribution in [-0.4, -0.2) is 35.7 Å². The average molecular weight is 292 g/mol. The topological polar surface area (TPSA) is 35.5 Å². The summed E-state index contributed by atoms with van der Waals surface area (Å²) in [6, 6.07) is 4.94. The molecule has 0 aliphatic carbocycles. The number of nitrogens with zero attached hydrogens (tertiary/aromatic N) is 1. The quantitative estimate of drug-likeness (QED) is 0.899. The number of phenols is 1. The van der Waals surface area contributed by atoms with Gasteiger partial charge in [-0.2, -0.15) is 0 Å². The van der Waals surface area contributed by atoms with Gasteiger partial charge in [-0.3, -0.25) is 4.90 Å². The van der Waals surface area contributed by atoms with Gasteiger partial charge >= 0.3 is 0 Å². The van der Waals surface area contributed by atoms with Crippen molar-refractivity contribution in [1.82, 2.24) is 10.2 Å². The smallest absolute Gasteiger partial charge is 0.123 e. The van der Waals surface area contributed by atoms with Crippen molar-refractivity contribution in [2.45, 2.75) is 44.7 Å². The second-order valence-electron chi connectivity index (χ2n) is 6.48. The zero-order valence-electron chi connectivity index (χ0n) is 12.7. The highest BCUT2D eigenvalue weighted by molar-refractivity contribution is 5.35. The fraction of sp³-hybridized carbons (Fsp3) is 0.647. The molecule has 0 amide bonds. The Balaban J connectivity index is 1.71. The van der Waals surface area contributed by atoms with Crippen LogP contribution < -0.4 is 5.32 Å². The largest absolute Gasteiger partial charge is 0.508 e. The van der Waals surface area contributed by atoms with Gasteiger partial charge in [-0.1, -0.05) is 0 Å². The third-order valence-electron chi connectivity index (χ3n) is 5.14. The Hall–Kier alpha value is -1.13. The Bertz CT molecular complexity index is 488. The van der Waals surface area contributed by atoms with Gasteiger partial charge in [0.25, 0.3) is 0 Å². The molecule has 1 aromatic rings. The van der Waals surface area contributed by atoms with E-state index in [1.54, 1.807) is 0 Å². The molecule has 2 N–H and O–H groups in total. The molecular formula is C17H25FN2O. The fourth-order valence-corrected chi connectivity index (χ4v) is 3.89. The second kappa shape index (κ2) is 6.32. The summed E-state index contributed by atoms with van der Waals surface area (Å²) in [6.07, 6.45) is 5.01. The molecule has 1 aromatic carbocycles. The average Bonchev–Trinajstić information content (AvgIpc) is 3.03. The van der Waals surface area contributed by atoms with Crippen LogP contribution in [0.4, 0.5) is 4.39 Å². The van der Waals surface area contributed by atoms with Crippen molar-refractivity contribution in [1.29, 1.82) is 0 Å². The lowest BCUT2D eigenvalue weighted by atomic mass is 9.88. The van der Waals surface area contributed by atoms with E-state index in [0.717, 1.165) is 19.6 Å². The maximum atomic E-state index is 13.5. The number of phenolic OH excluding ortho intramolecular Hbond substituents is 1. The molecule has 2 aliphatic heterocycles. The summed E-state index contributed by atoms with van der Waals surface area (Å²) in [5.74, 6) is 0.602. The molecule has 0 spiro atoms. The lowest BCUT2D eigenvalue weighted by Gasteiger charge is -2.39. The zero-order valence-corrected chi connectivity index (χ0v) is 12.7. The Morgan fingerprint density at radius 3 is 2.95 bits per heavy atom. The number of piperidine rings is 1. The number of nitrogens with one attached hydrogen (secondary N) is 1. The van der Waals surface area contributed by atoms with Crippen LogP contribution in [0, 0.1) is 11.7 Å². The maximum Gasteiger partial charge on any atom is 0.123 e. The molecule has 116 valence electrons. The SMILES string of the molecule is CC(c1cc(F)ccc1O)N1CCCC(C2CCCN2)C1. The van der Waals surface area contributed by atoms with Crippen LogP contribution in [0.2, 0.25) is 0 Å². The van der Waals surface area contributed by atoms with Gasteiger partial charge in [0, 0.05) is 24.2 Å². The minimum absolute atomic E-state index is 0.0601. The Kier molecular flexibility index (Phi) is 4.45. The highest BCUT2D eigenvalue weighted by Crippen LogP contribution is 2.33. The van der Waals surface area contributed by atoms with Gasteiger partial charge in [0.1, 0.15) is 11.6 Å². The van der Waals surface area contributed by atoms with E-state index in [4.69, 9.17) is 0 Å². The van der Waals surface area contributed by atoms with Gasteiger partial charge in [0.2, 0.25) is 0 Å². The summed E-state index contributed by atoms with van der Waals surface area (Å²) < 4.78 is 13.5. The molecule has 3 unspecified atom stereocenters. The van der Waals surface area contributed by atoms with E-state index >= 15 is 0 Å². The summed E-state index contributed by atoms with van der Waals surface area (Å²) in [7, 11) is 0. The summed E-state index contributed by atoms with van der Waals surface area (Å²) in [4.78, 5) is 2.39. The highest BCUT2D eigenvalue weighted by atomic mass is 19.1. The van der Waals surface area contributed by atoms with Crippen molar-refractivity contribution in [3.05, 3.63) is 29.6 Å². The Morgan fingerprint density at radius 1 is 1.33 bits per heavy atom. The van der Waals surface area contributed by atoms with E-state index in [1.807, 2.05) is 0 Å². The molecular weight excluding hydrogens is 267 g/mol. The normalized spacial score (nSPS) is 28.7. The van der Waals surface area contributed by atoms with Crippen molar-refractivity contribution in [3.8, 4) is 5.75 Å². The molecule has 21 heavy (non-hydrogen) atoms. The first-order valence-electron chi connectivity index (χ1n) is 8.11. The zero-order chi connectivity index (χ0) is 14.8. The Labute approximate surface area is 126 Å². The van der Waals surface area contributed by atoms with Crippen LogP contribution >= 0.6 is 0 Å². The van der Waals surface area contributed by atoms with Crippen LogP contribution in [-0.2, 0) is 0 Å². The van der Waals surface area contributed by atoms with Crippen LogP contribution in [0.3, 0.4) is 0 Å². The summed E-state index contributed by atoms with van der Waals surface area (Å²) in [5, 5.41) is 13.6. The summed E-state index contributed by atoms with van der Waals surface area (Å²) >= 11 is 0. The summed E-state index contributed by atoms with van der Waals surface area (Å²) in [6.45, 7) is 5.27. The van der Waals surface area contributed by atoms with Crippen LogP contribution in [0.5, 0.6) is 5.75 Å². The first-order chi connectivity index (χ1) is 10.1. The third kappa shape index (κ3) is 3.22. The molecule has 0 saturated carbocycles. The molecule has 3 nitrogen and oxygen atoms in total. The van der Waals surface area contributed by atoms with Gasteiger partial charge in [0.15, 0.2) is 0 Å². The van der Waals surface area contributed by atoms with E-state index in [9.17, 15) is 9.50 Å². The fourth-order valence-electron chi connectivity index (χ4n) is 3.89. The monoisotopic (exact) mass is 292 g/mol. The predicted octanol–water partition coefficient (Wildman–Crippen LogP) is 3.06. The molecule has 3 atom stereocenters. The number of aromatic hydroxyl groups is 1. The number of rotatable bonds is 3. The van der Waals surface area contributed by atoms with Crippen molar-refractivity contribution in [2.75, 3.05) is 19.6 Å². The number of hydrogen-bond donors (Lipinski definition) is 2. The molecule has 2 fully saturated rings. The van der Waals surface area contributed by atoms with Gasteiger partial charge in [-0.25, -0.2) is 4.39 Å². The minimum Gasteiger partial charge on any atom is -0.508 e. The van der Waals surface area contributed by atoms with E-state index in [2.05, 4.69) is 17.1 Å². The third-order valence-corrected chi connectivity index (χ3v) is 5.14. The Morgan fingerprint density at radius 2 is 2.19 bits per heavy atom. The van der Waals surface area contributed by atoms with Gasteiger partial charge < -0.3 is 10.4 Å². The number of halogens is 1. The predicted molar refractivity (Wildman–Crippen MR) is 81.8 cm³/mol. The molecule has 3 rings (SSSR count). The van der Waals surface area contributed by atoms with E-state index in [1.165, 1.54) is 43.9 Å². The molecule has 0 radical (unpaired) electrons. The highest BCUT2D eigenvalue weighted by Gasteiger charge is 2.31. The van der Waals surface area contributed by atoms with Crippen LogP contribution in [0.15, 0.2) is 18.2 Å². The number of hydrogen-bond acceptors (Lipinski definition) is 3. The van der Waals surface area contributed by atoms with Gasteiger partial charge in [0.05, 0.1) is 0 Å². The minimum atomic E-state index is -0.277.